The highest BCUT2D eigenvalue weighted by atomic mass is 32.2. The Kier molecular flexibility index (Phi) is 5.46. The summed E-state index contributed by atoms with van der Waals surface area (Å²) >= 11 is 0. The van der Waals surface area contributed by atoms with Crippen LogP contribution in [0.4, 0.5) is 0 Å². The Morgan fingerprint density at radius 1 is 1.37 bits per heavy atom. The van der Waals surface area contributed by atoms with E-state index in [0.29, 0.717) is 5.56 Å². The monoisotopic (exact) mass is 286 g/mol. The van der Waals surface area contributed by atoms with Crippen LogP contribution < -0.4 is 10.0 Å². The molecule has 1 amide bonds. The second-order valence-corrected chi connectivity index (χ2v) is 5.71. The fraction of sp³-hybridized carbons (Fsp3) is 0.417. The van der Waals surface area contributed by atoms with Crippen molar-refractivity contribution in [1.82, 2.24) is 10.0 Å². The highest BCUT2D eigenvalue weighted by Gasteiger charge is 2.17. The van der Waals surface area contributed by atoms with Crippen LogP contribution in [-0.4, -0.2) is 41.6 Å². The summed E-state index contributed by atoms with van der Waals surface area (Å²) in [5.41, 5.74) is 1.06. The van der Waals surface area contributed by atoms with Gasteiger partial charge in [-0.1, -0.05) is 6.07 Å². The molecule has 0 saturated carbocycles. The number of ether oxygens (including phenoxy) is 1. The minimum Gasteiger partial charge on any atom is -0.383 e. The van der Waals surface area contributed by atoms with Crippen molar-refractivity contribution < 1.29 is 17.9 Å². The lowest BCUT2D eigenvalue weighted by Gasteiger charge is -2.09. The quantitative estimate of drug-likeness (QED) is 0.736. The van der Waals surface area contributed by atoms with E-state index in [4.69, 9.17) is 4.74 Å². The van der Waals surface area contributed by atoms with Gasteiger partial charge in [-0.05, 0) is 24.6 Å². The van der Waals surface area contributed by atoms with Gasteiger partial charge in [-0.2, -0.15) is 0 Å². The predicted molar refractivity (Wildman–Crippen MR) is 71.6 cm³/mol. The normalized spacial score (nSPS) is 11.3. The van der Waals surface area contributed by atoms with Crippen LogP contribution in [0.1, 0.15) is 15.9 Å². The van der Waals surface area contributed by atoms with Crippen molar-refractivity contribution in [2.24, 2.45) is 0 Å². The van der Waals surface area contributed by atoms with Crippen LogP contribution in [0.15, 0.2) is 23.1 Å². The van der Waals surface area contributed by atoms with E-state index in [-0.39, 0.29) is 24.0 Å². The standard InChI is InChI=1S/C12H18N2O4S/c1-9-4-5-10(8-11(9)12(15)13-2)19(16,17)14-6-7-18-3/h4-5,8,14H,6-7H2,1-3H3,(H,13,15). The van der Waals surface area contributed by atoms with E-state index >= 15 is 0 Å². The number of benzene rings is 1. The van der Waals surface area contributed by atoms with Crippen LogP contribution in [0, 0.1) is 6.92 Å². The van der Waals surface area contributed by atoms with Crippen LogP contribution in [0.2, 0.25) is 0 Å². The molecular weight excluding hydrogens is 268 g/mol. The summed E-state index contributed by atoms with van der Waals surface area (Å²) < 4.78 is 31.1. The van der Waals surface area contributed by atoms with E-state index in [0.717, 1.165) is 5.56 Å². The second kappa shape index (κ2) is 6.65. The molecule has 1 aromatic rings. The minimum atomic E-state index is -3.62. The van der Waals surface area contributed by atoms with Crippen molar-refractivity contribution in [1.29, 1.82) is 0 Å². The van der Waals surface area contributed by atoms with Crippen molar-refractivity contribution >= 4 is 15.9 Å². The van der Waals surface area contributed by atoms with Crippen LogP contribution in [0.25, 0.3) is 0 Å². The first-order valence-electron chi connectivity index (χ1n) is 5.73. The van der Waals surface area contributed by atoms with Crippen LogP contribution in [0.5, 0.6) is 0 Å². The summed E-state index contributed by atoms with van der Waals surface area (Å²) in [6.07, 6.45) is 0. The first-order valence-corrected chi connectivity index (χ1v) is 7.22. The number of aryl methyl sites for hydroxylation is 1. The van der Waals surface area contributed by atoms with Gasteiger partial charge in [0.15, 0.2) is 0 Å². The third-order valence-electron chi connectivity index (χ3n) is 2.59. The molecule has 0 aliphatic heterocycles. The lowest BCUT2D eigenvalue weighted by atomic mass is 10.1. The number of nitrogens with one attached hydrogen (secondary N) is 2. The SMILES string of the molecule is CNC(=O)c1cc(S(=O)(=O)NCCOC)ccc1C. The van der Waals surface area contributed by atoms with E-state index in [1.807, 2.05) is 0 Å². The smallest absolute Gasteiger partial charge is 0.251 e. The summed E-state index contributed by atoms with van der Waals surface area (Å²) in [7, 11) is -0.634. The highest BCUT2D eigenvalue weighted by Crippen LogP contribution is 2.15. The molecule has 0 radical (unpaired) electrons. The zero-order valence-corrected chi connectivity index (χ0v) is 12.0. The Bertz CT molecular complexity index is 555. The fourth-order valence-electron chi connectivity index (χ4n) is 1.51. The van der Waals surface area contributed by atoms with Crippen molar-refractivity contribution in [3.8, 4) is 0 Å². The Morgan fingerprint density at radius 3 is 2.63 bits per heavy atom. The first kappa shape index (κ1) is 15.6. The zero-order valence-electron chi connectivity index (χ0n) is 11.2. The predicted octanol–water partition coefficient (Wildman–Crippen LogP) is 0.279. The largest absolute Gasteiger partial charge is 0.383 e. The second-order valence-electron chi connectivity index (χ2n) is 3.95. The van der Waals surface area contributed by atoms with Gasteiger partial charge < -0.3 is 10.1 Å². The van der Waals surface area contributed by atoms with E-state index in [1.165, 1.54) is 26.3 Å². The molecule has 0 heterocycles. The van der Waals surface area contributed by atoms with Gasteiger partial charge >= 0.3 is 0 Å². The van der Waals surface area contributed by atoms with Crippen molar-refractivity contribution in [2.75, 3.05) is 27.3 Å². The minimum absolute atomic E-state index is 0.0628. The van der Waals surface area contributed by atoms with Gasteiger partial charge in [0.1, 0.15) is 0 Å². The Morgan fingerprint density at radius 2 is 2.05 bits per heavy atom. The number of methoxy groups -OCH3 is 1. The van der Waals surface area contributed by atoms with E-state index in [2.05, 4.69) is 10.0 Å². The van der Waals surface area contributed by atoms with Crippen LogP contribution >= 0.6 is 0 Å². The number of rotatable bonds is 6. The summed E-state index contributed by atoms with van der Waals surface area (Å²) in [5.74, 6) is -0.313. The first-order chi connectivity index (χ1) is 8.92. The van der Waals surface area contributed by atoms with Gasteiger partial charge in [0.2, 0.25) is 10.0 Å². The van der Waals surface area contributed by atoms with Gasteiger partial charge in [-0.15, -0.1) is 0 Å². The molecule has 6 nitrogen and oxygen atoms in total. The number of sulfonamides is 1. The highest BCUT2D eigenvalue weighted by molar-refractivity contribution is 7.89. The molecule has 0 bridgehead atoms. The molecule has 0 fully saturated rings. The number of carbonyl (C=O) groups excluding carboxylic acids is 1. The molecule has 0 saturated heterocycles. The van der Waals surface area contributed by atoms with Gasteiger partial charge in [0.05, 0.1) is 11.5 Å². The third kappa shape index (κ3) is 4.02. The number of hydrogen-bond donors (Lipinski definition) is 2. The topological polar surface area (TPSA) is 84.5 Å². The Hall–Kier alpha value is -1.44. The molecule has 0 unspecified atom stereocenters. The van der Waals surface area contributed by atoms with Gasteiger partial charge in [0, 0.05) is 26.3 Å². The maximum atomic E-state index is 12.0. The zero-order chi connectivity index (χ0) is 14.5. The summed E-state index contributed by atoms with van der Waals surface area (Å²) in [6.45, 7) is 2.22. The molecule has 0 aliphatic rings. The van der Waals surface area contributed by atoms with E-state index in [1.54, 1.807) is 13.0 Å². The number of carbonyl (C=O) groups is 1. The molecule has 1 aromatic carbocycles. The molecular formula is C12H18N2O4S. The van der Waals surface area contributed by atoms with E-state index in [9.17, 15) is 13.2 Å². The molecule has 2 N–H and O–H groups in total. The Balaban J connectivity index is 3.04. The van der Waals surface area contributed by atoms with Gasteiger partial charge in [-0.25, -0.2) is 13.1 Å². The maximum Gasteiger partial charge on any atom is 0.251 e. The molecule has 0 spiro atoms. The average molecular weight is 286 g/mol. The number of hydrogen-bond acceptors (Lipinski definition) is 4. The maximum absolute atomic E-state index is 12.0. The lowest BCUT2D eigenvalue weighted by molar-refractivity contribution is 0.0962. The van der Waals surface area contributed by atoms with Crippen molar-refractivity contribution in [3.63, 3.8) is 0 Å². The van der Waals surface area contributed by atoms with Gasteiger partial charge in [0.25, 0.3) is 5.91 Å². The van der Waals surface area contributed by atoms with Crippen molar-refractivity contribution in [3.05, 3.63) is 29.3 Å². The fourth-order valence-corrected chi connectivity index (χ4v) is 2.55. The van der Waals surface area contributed by atoms with Crippen LogP contribution in [0.3, 0.4) is 0 Å². The van der Waals surface area contributed by atoms with E-state index < -0.39 is 10.0 Å². The summed E-state index contributed by atoms with van der Waals surface area (Å²) in [5, 5.41) is 2.48. The third-order valence-corrected chi connectivity index (χ3v) is 4.05. The number of amides is 1. The Labute approximate surface area is 113 Å². The average Bonchev–Trinajstić information content (AvgIpc) is 2.38. The lowest BCUT2D eigenvalue weighted by Crippen LogP contribution is -2.28. The summed E-state index contributed by atoms with van der Waals surface area (Å²) in [4.78, 5) is 11.7. The van der Waals surface area contributed by atoms with Crippen LogP contribution in [-0.2, 0) is 14.8 Å². The van der Waals surface area contributed by atoms with Gasteiger partial charge in [-0.3, -0.25) is 4.79 Å². The molecule has 7 heteroatoms. The van der Waals surface area contributed by atoms with Crippen molar-refractivity contribution in [2.45, 2.75) is 11.8 Å². The summed E-state index contributed by atoms with van der Waals surface area (Å²) in [6, 6.07) is 4.44. The molecule has 1 rings (SSSR count). The molecule has 0 atom stereocenters. The molecule has 19 heavy (non-hydrogen) atoms. The molecule has 0 aliphatic carbocycles. The molecule has 0 aromatic heterocycles. The molecule has 106 valence electrons.